The molecule has 0 radical (unpaired) electrons. The van der Waals surface area contributed by atoms with Crippen molar-refractivity contribution in [2.24, 2.45) is 0 Å². The second-order valence-corrected chi connectivity index (χ2v) is 8.53. The van der Waals surface area contributed by atoms with Gasteiger partial charge in [-0.25, -0.2) is 4.98 Å². The average Bonchev–Trinajstić information content (AvgIpc) is 3.30. The Bertz CT molecular complexity index is 1410. The van der Waals surface area contributed by atoms with Crippen LogP contribution in [0.4, 0.5) is 5.69 Å². The van der Waals surface area contributed by atoms with E-state index in [0.29, 0.717) is 37.7 Å². The van der Waals surface area contributed by atoms with Crippen molar-refractivity contribution in [3.8, 4) is 11.5 Å². The van der Waals surface area contributed by atoms with Gasteiger partial charge >= 0.3 is 0 Å². The fourth-order valence-electron chi connectivity index (χ4n) is 3.25. The van der Waals surface area contributed by atoms with Crippen molar-refractivity contribution in [3.63, 3.8) is 0 Å². The molecule has 3 heterocycles. The minimum atomic E-state index is -0.281. The van der Waals surface area contributed by atoms with Crippen LogP contribution < -0.4 is 5.32 Å². The SMILES string of the molecule is Cc1c(NC(=O)c2sc3cc(Cl)ccc3c2Cl)cccc1-c1nc2ncccc2o1. The molecular weight excluding hydrogens is 441 g/mol. The molecule has 0 saturated heterocycles. The van der Waals surface area contributed by atoms with Gasteiger partial charge in [-0.2, -0.15) is 4.98 Å². The molecule has 148 valence electrons. The second-order valence-electron chi connectivity index (χ2n) is 6.66. The number of oxazole rings is 1. The summed E-state index contributed by atoms with van der Waals surface area (Å²) in [5, 5.41) is 4.78. The zero-order valence-electron chi connectivity index (χ0n) is 15.6. The van der Waals surface area contributed by atoms with Gasteiger partial charge < -0.3 is 9.73 Å². The van der Waals surface area contributed by atoms with Crippen molar-refractivity contribution in [2.75, 3.05) is 5.32 Å². The minimum Gasteiger partial charge on any atom is -0.434 e. The topological polar surface area (TPSA) is 68.0 Å². The largest absolute Gasteiger partial charge is 0.434 e. The van der Waals surface area contributed by atoms with Gasteiger partial charge in [-0.05, 0) is 48.9 Å². The summed E-state index contributed by atoms with van der Waals surface area (Å²) in [6, 6.07) is 14.6. The number of pyridine rings is 1. The van der Waals surface area contributed by atoms with Crippen molar-refractivity contribution >= 4 is 67.4 Å². The molecule has 5 aromatic rings. The summed E-state index contributed by atoms with van der Waals surface area (Å²) < 4.78 is 6.69. The predicted molar refractivity (Wildman–Crippen MR) is 122 cm³/mol. The first kappa shape index (κ1) is 19.1. The fourth-order valence-corrected chi connectivity index (χ4v) is 4.94. The third-order valence-electron chi connectivity index (χ3n) is 4.78. The summed E-state index contributed by atoms with van der Waals surface area (Å²) >= 11 is 13.8. The summed E-state index contributed by atoms with van der Waals surface area (Å²) in [7, 11) is 0. The number of carbonyl (C=O) groups excluding carboxylic acids is 1. The number of halogens is 2. The lowest BCUT2D eigenvalue weighted by molar-refractivity contribution is 0.103. The molecule has 5 rings (SSSR count). The van der Waals surface area contributed by atoms with Crippen LogP contribution in [0.2, 0.25) is 10.0 Å². The van der Waals surface area contributed by atoms with Crippen molar-refractivity contribution < 1.29 is 9.21 Å². The maximum absolute atomic E-state index is 13.0. The van der Waals surface area contributed by atoms with E-state index in [0.717, 1.165) is 21.2 Å². The quantitative estimate of drug-likeness (QED) is 0.320. The molecule has 0 spiro atoms. The van der Waals surface area contributed by atoms with E-state index in [4.69, 9.17) is 27.6 Å². The van der Waals surface area contributed by atoms with Crippen LogP contribution in [0.15, 0.2) is 59.1 Å². The molecule has 1 amide bonds. The van der Waals surface area contributed by atoms with Gasteiger partial charge in [-0.1, -0.05) is 35.3 Å². The number of nitrogens with zero attached hydrogens (tertiary/aromatic N) is 2. The molecule has 0 unspecified atom stereocenters. The number of fused-ring (bicyclic) bond motifs is 2. The van der Waals surface area contributed by atoms with E-state index in [9.17, 15) is 4.79 Å². The molecule has 0 aliphatic rings. The van der Waals surface area contributed by atoms with Crippen molar-refractivity contribution in [2.45, 2.75) is 6.92 Å². The van der Waals surface area contributed by atoms with Gasteiger partial charge in [-0.3, -0.25) is 4.79 Å². The number of thiophene rings is 1. The Labute approximate surface area is 185 Å². The third-order valence-corrected chi connectivity index (χ3v) is 6.67. The van der Waals surface area contributed by atoms with Crippen molar-refractivity contribution in [1.29, 1.82) is 0 Å². The van der Waals surface area contributed by atoms with Gasteiger partial charge in [0.2, 0.25) is 5.89 Å². The highest BCUT2D eigenvalue weighted by Crippen LogP contribution is 2.37. The molecule has 30 heavy (non-hydrogen) atoms. The number of rotatable bonds is 3. The van der Waals surface area contributed by atoms with Crippen LogP contribution in [-0.4, -0.2) is 15.9 Å². The third kappa shape index (κ3) is 3.23. The summed E-state index contributed by atoms with van der Waals surface area (Å²) in [5.74, 6) is 0.170. The first-order valence-corrected chi connectivity index (χ1v) is 10.6. The van der Waals surface area contributed by atoms with Gasteiger partial charge in [0.15, 0.2) is 11.2 Å². The Hall–Kier alpha value is -2.93. The summed E-state index contributed by atoms with van der Waals surface area (Å²) in [6.45, 7) is 1.90. The molecule has 0 bridgehead atoms. The van der Waals surface area contributed by atoms with Gasteiger partial charge in [0.05, 0.1) is 5.02 Å². The van der Waals surface area contributed by atoms with Crippen LogP contribution in [0.5, 0.6) is 0 Å². The second kappa shape index (κ2) is 7.40. The fraction of sp³-hybridized carbons (Fsp3) is 0.0455. The summed E-state index contributed by atoms with van der Waals surface area (Å²) in [6.07, 6.45) is 1.67. The lowest BCUT2D eigenvalue weighted by Gasteiger charge is -2.10. The number of benzene rings is 2. The van der Waals surface area contributed by atoms with E-state index in [2.05, 4.69) is 15.3 Å². The van der Waals surface area contributed by atoms with E-state index in [1.807, 2.05) is 37.3 Å². The normalized spacial score (nSPS) is 11.3. The van der Waals surface area contributed by atoms with Crippen LogP contribution in [0, 0.1) is 6.92 Å². The Morgan fingerprint density at radius 3 is 2.83 bits per heavy atom. The highest BCUT2D eigenvalue weighted by molar-refractivity contribution is 7.21. The molecule has 0 fully saturated rings. The molecule has 5 nitrogen and oxygen atoms in total. The molecule has 0 saturated carbocycles. The molecule has 0 atom stereocenters. The Balaban J connectivity index is 1.50. The van der Waals surface area contributed by atoms with Gasteiger partial charge in [-0.15, -0.1) is 11.3 Å². The van der Waals surface area contributed by atoms with Crippen LogP contribution in [-0.2, 0) is 0 Å². The zero-order chi connectivity index (χ0) is 20.8. The van der Waals surface area contributed by atoms with Crippen LogP contribution in [0.1, 0.15) is 15.2 Å². The molecular formula is C22H13Cl2N3O2S. The predicted octanol–water partition coefficient (Wildman–Crippen LogP) is 6.97. The van der Waals surface area contributed by atoms with E-state index in [-0.39, 0.29) is 5.91 Å². The molecule has 3 aromatic heterocycles. The summed E-state index contributed by atoms with van der Waals surface area (Å²) in [4.78, 5) is 22.1. The lowest BCUT2D eigenvalue weighted by Crippen LogP contribution is -2.12. The Morgan fingerprint density at radius 2 is 2.00 bits per heavy atom. The maximum atomic E-state index is 13.0. The molecule has 8 heteroatoms. The van der Waals surface area contributed by atoms with Gasteiger partial charge in [0.25, 0.3) is 5.91 Å². The van der Waals surface area contributed by atoms with E-state index in [1.165, 1.54) is 11.3 Å². The number of carbonyl (C=O) groups is 1. The number of anilines is 1. The van der Waals surface area contributed by atoms with Gasteiger partial charge in [0, 0.05) is 32.6 Å². The highest BCUT2D eigenvalue weighted by atomic mass is 35.5. The monoisotopic (exact) mass is 453 g/mol. The zero-order valence-corrected chi connectivity index (χ0v) is 17.9. The van der Waals surface area contributed by atoms with Crippen molar-refractivity contribution in [3.05, 3.63) is 75.2 Å². The minimum absolute atomic E-state index is 0.281. The van der Waals surface area contributed by atoms with E-state index >= 15 is 0 Å². The average molecular weight is 454 g/mol. The molecule has 2 aromatic carbocycles. The smallest absolute Gasteiger partial charge is 0.267 e. The van der Waals surface area contributed by atoms with Crippen LogP contribution in [0.3, 0.4) is 0 Å². The summed E-state index contributed by atoms with van der Waals surface area (Å²) in [5.41, 5.74) is 3.41. The number of amides is 1. The van der Waals surface area contributed by atoms with Crippen molar-refractivity contribution in [1.82, 2.24) is 9.97 Å². The van der Waals surface area contributed by atoms with Crippen LogP contribution >= 0.6 is 34.5 Å². The highest BCUT2D eigenvalue weighted by Gasteiger charge is 2.19. The number of nitrogens with one attached hydrogen (secondary N) is 1. The number of hydrogen-bond donors (Lipinski definition) is 1. The van der Waals surface area contributed by atoms with E-state index in [1.54, 1.807) is 24.4 Å². The van der Waals surface area contributed by atoms with Gasteiger partial charge in [0.1, 0.15) is 4.88 Å². The van der Waals surface area contributed by atoms with Crippen LogP contribution in [0.25, 0.3) is 32.8 Å². The molecule has 0 aliphatic carbocycles. The first-order valence-electron chi connectivity index (χ1n) is 9.01. The number of hydrogen-bond acceptors (Lipinski definition) is 5. The lowest BCUT2D eigenvalue weighted by atomic mass is 10.1. The maximum Gasteiger partial charge on any atom is 0.267 e. The van der Waals surface area contributed by atoms with E-state index < -0.39 is 0 Å². The first-order chi connectivity index (χ1) is 14.5. The Morgan fingerprint density at radius 1 is 1.13 bits per heavy atom. The number of aromatic nitrogens is 2. The molecule has 1 N–H and O–H groups in total. The standard InChI is InChI=1S/C22H13Cl2N3O2S/c1-11-13(22-27-20-16(29-22)6-3-9-25-20)4-2-5-15(11)26-21(28)19-18(24)14-8-7-12(23)10-17(14)30-19/h2-10H,1H3,(H,26,28). The Kier molecular flexibility index (Phi) is 4.70. The molecule has 0 aliphatic heterocycles.